The smallest absolute Gasteiger partial charge is 0.453 e. The van der Waals surface area contributed by atoms with Gasteiger partial charge in [-0.3, -0.25) is 0 Å². The Labute approximate surface area is 170 Å². The van der Waals surface area contributed by atoms with Crippen LogP contribution in [0, 0.1) is 0 Å². The van der Waals surface area contributed by atoms with Gasteiger partial charge in [0.1, 0.15) is 12.4 Å². The van der Waals surface area contributed by atoms with Gasteiger partial charge in [-0.25, -0.2) is 4.79 Å². The van der Waals surface area contributed by atoms with Crippen molar-refractivity contribution in [1.29, 1.82) is 0 Å². The summed E-state index contributed by atoms with van der Waals surface area (Å²) in [5, 5.41) is 8.89. The van der Waals surface area contributed by atoms with Gasteiger partial charge < -0.3 is 14.6 Å². The summed E-state index contributed by atoms with van der Waals surface area (Å²) in [7, 11) is 0. The fourth-order valence-corrected chi connectivity index (χ4v) is 2.47. The van der Waals surface area contributed by atoms with Gasteiger partial charge in [-0.05, 0) is 48.2 Å². The lowest BCUT2D eigenvalue weighted by molar-refractivity contribution is -0.284. The highest BCUT2D eigenvalue weighted by molar-refractivity contribution is 5.89. The number of benzene rings is 2. The first-order chi connectivity index (χ1) is 14.1. The molecule has 9 heteroatoms. The molecule has 0 unspecified atom stereocenters. The second-order valence-corrected chi connectivity index (χ2v) is 6.54. The van der Waals surface area contributed by atoms with E-state index in [1.807, 2.05) is 12.1 Å². The number of alkyl halides is 5. The lowest BCUT2D eigenvalue weighted by atomic mass is 10.1. The minimum atomic E-state index is -5.61. The second-order valence-electron chi connectivity index (χ2n) is 6.54. The van der Waals surface area contributed by atoms with Gasteiger partial charge in [-0.1, -0.05) is 24.3 Å². The van der Waals surface area contributed by atoms with Gasteiger partial charge in [0.2, 0.25) is 0 Å². The van der Waals surface area contributed by atoms with Crippen LogP contribution >= 0.6 is 0 Å². The standard InChI is InChI=1S/C21H21F5O4/c22-20(23,21(24,25)26)11-1-13-29-19(28)17-6-2-16(3-7-17)14-30-18-8-4-15(5-9-18)10-12-27/h2-9,27H,1,10-14H2. The van der Waals surface area contributed by atoms with Crippen LogP contribution in [0.2, 0.25) is 0 Å². The fraction of sp³-hybridized carbons (Fsp3) is 0.381. The number of ether oxygens (including phenoxy) is 2. The molecule has 1 N–H and O–H groups in total. The fourth-order valence-electron chi connectivity index (χ4n) is 2.47. The van der Waals surface area contributed by atoms with E-state index < -0.39 is 37.5 Å². The summed E-state index contributed by atoms with van der Waals surface area (Å²) in [5.41, 5.74) is 1.89. The topological polar surface area (TPSA) is 55.8 Å². The van der Waals surface area contributed by atoms with Crippen molar-refractivity contribution in [3.05, 3.63) is 65.2 Å². The van der Waals surface area contributed by atoms with Crippen LogP contribution in [0.25, 0.3) is 0 Å². The number of aliphatic hydroxyl groups excluding tert-OH is 1. The molecule has 0 spiro atoms. The van der Waals surface area contributed by atoms with Crippen molar-refractivity contribution < 1.29 is 41.3 Å². The lowest BCUT2D eigenvalue weighted by Crippen LogP contribution is -2.36. The SMILES string of the molecule is O=C(OCCCC(F)(F)C(F)(F)F)c1ccc(COc2ccc(CCO)cc2)cc1. The van der Waals surface area contributed by atoms with Gasteiger partial charge >= 0.3 is 18.1 Å². The Balaban J connectivity index is 1.77. The zero-order valence-electron chi connectivity index (χ0n) is 15.9. The van der Waals surface area contributed by atoms with E-state index in [9.17, 15) is 26.7 Å². The minimum Gasteiger partial charge on any atom is -0.489 e. The van der Waals surface area contributed by atoms with Crippen molar-refractivity contribution >= 4 is 5.97 Å². The number of aliphatic hydroxyl groups is 1. The van der Waals surface area contributed by atoms with Gasteiger partial charge in [-0.2, -0.15) is 22.0 Å². The number of rotatable bonds is 10. The summed E-state index contributed by atoms with van der Waals surface area (Å²) in [4.78, 5) is 11.9. The van der Waals surface area contributed by atoms with Gasteiger partial charge in [0.15, 0.2) is 0 Å². The molecule has 2 aromatic carbocycles. The van der Waals surface area contributed by atoms with Crippen LogP contribution in [0.3, 0.4) is 0 Å². The van der Waals surface area contributed by atoms with Gasteiger partial charge in [0.25, 0.3) is 0 Å². The predicted octanol–water partition coefficient (Wildman–Crippen LogP) is 4.94. The Hall–Kier alpha value is -2.68. The number of halogens is 5. The van der Waals surface area contributed by atoms with E-state index in [2.05, 4.69) is 0 Å². The average Bonchev–Trinajstić information content (AvgIpc) is 2.70. The third-order valence-electron chi connectivity index (χ3n) is 4.20. The van der Waals surface area contributed by atoms with Gasteiger partial charge in [0.05, 0.1) is 12.2 Å². The average molecular weight is 432 g/mol. The van der Waals surface area contributed by atoms with E-state index in [1.165, 1.54) is 12.1 Å². The Morgan fingerprint density at radius 3 is 2.07 bits per heavy atom. The normalized spacial score (nSPS) is 11.9. The third kappa shape index (κ3) is 6.98. The number of hydrogen-bond donors (Lipinski definition) is 1. The Kier molecular flexibility index (Phi) is 8.16. The van der Waals surface area contributed by atoms with Crippen LogP contribution < -0.4 is 4.74 Å². The highest BCUT2D eigenvalue weighted by Crippen LogP contribution is 2.38. The van der Waals surface area contributed by atoms with E-state index in [0.29, 0.717) is 12.2 Å². The Bertz CT molecular complexity index is 802. The molecule has 0 saturated heterocycles. The second kappa shape index (κ2) is 10.4. The summed E-state index contributed by atoms with van der Waals surface area (Å²) in [6.07, 6.45) is -7.11. The van der Waals surface area contributed by atoms with Crippen LogP contribution in [0.5, 0.6) is 5.75 Å². The summed E-state index contributed by atoms with van der Waals surface area (Å²) >= 11 is 0. The van der Waals surface area contributed by atoms with Crippen LogP contribution in [-0.2, 0) is 17.8 Å². The van der Waals surface area contributed by atoms with Crippen LogP contribution in [-0.4, -0.2) is 36.4 Å². The molecule has 2 aromatic rings. The van der Waals surface area contributed by atoms with Crippen LogP contribution in [0.4, 0.5) is 22.0 Å². The Morgan fingerprint density at radius 1 is 0.900 bits per heavy atom. The molecule has 0 aromatic heterocycles. The summed E-state index contributed by atoms with van der Waals surface area (Å²) in [6.45, 7) is -0.238. The number of esters is 1. The largest absolute Gasteiger partial charge is 0.489 e. The molecule has 0 radical (unpaired) electrons. The number of hydrogen-bond acceptors (Lipinski definition) is 4. The number of carbonyl (C=O) groups excluding carboxylic acids is 1. The molecule has 4 nitrogen and oxygen atoms in total. The van der Waals surface area contributed by atoms with E-state index in [-0.39, 0.29) is 18.8 Å². The van der Waals surface area contributed by atoms with Crippen molar-refractivity contribution in [2.75, 3.05) is 13.2 Å². The van der Waals surface area contributed by atoms with Crippen molar-refractivity contribution in [3.8, 4) is 5.75 Å². The van der Waals surface area contributed by atoms with Crippen LogP contribution in [0.15, 0.2) is 48.5 Å². The monoisotopic (exact) mass is 432 g/mol. The van der Waals surface area contributed by atoms with E-state index in [0.717, 1.165) is 11.1 Å². The van der Waals surface area contributed by atoms with Crippen molar-refractivity contribution in [3.63, 3.8) is 0 Å². The summed E-state index contributed by atoms with van der Waals surface area (Å²) < 4.78 is 72.1. The first-order valence-corrected chi connectivity index (χ1v) is 9.15. The molecule has 2 rings (SSSR count). The first-order valence-electron chi connectivity index (χ1n) is 9.15. The zero-order chi connectivity index (χ0) is 22.2. The van der Waals surface area contributed by atoms with Crippen molar-refractivity contribution in [1.82, 2.24) is 0 Å². The highest BCUT2D eigenvalue weighted by Gasteiger charge is 2.56. The van der Waals surface area contributed by atoms with Crippen molar-refractivity contribution in [2.24, 2.45) is 0 Å². The van der Waals surface area contributed by atoms with Crippen molar-refractivity contribution in [2.45, 2.75) is 38.0 Å². The quantitative estimate of drug-likeness (QED) is 0.329. The molecule has 0 atom stereocenters. The highest BCUT2D eigenvalue weighted by atomic mass is 19.4. The minimum absolute atomic E-state index is 0.0645. The van der Waals surface area contributed by atoms with Gasteiger partial charge in [-0.15, -0.1) is 0 Å². The molecular formula is C21H21F5O4. The molecular weight excluding hydrogens is 411 g/mol. The molecule has 0 aliphatic rings. The maximum absolute atomic E-state index is 12.8. The lowest BCUT2D eigenvalue weighted by Gasteiger charge is -2.19. The first kappa shape index (κ1) is 23.6. The molecule has 0 amide bonds. The predicted molar refractivity (Wildman–Crippen MR) is 98.5 cm³/mol. The summed E-state index contributed by atoms with van der Waals surface area (Å²) in [6, 6.07) is 13.4. The van der Waals surface area contributed by atoms with E-state index >= 15 is 0 Å². The summed E-state index contributed by atoms with van der Waals surface area (Å²) in [5.74, 6) is -4.98. The zero-order valence-corrected chi connectivity index (χ0v) is 15.9. The number of carbonyl (C=O) groups is 1. The van der Waals surface area contributed by atoms with Gasteiger partial charge in [0, 0.05) is 13.0 Å². The molecule has 30 heavy (non-hydrogen) atoms. The Morgan fingerprint density at radius 2 is 1.50 bits per heavy atom. The third-order valence-corrected chi connectivity index (χ3v) is 4.20. The van der Waals surface area contributed by atoms with Crippen LogP contribution in [0.1, 0.15) is 34.3 Å². The molecule has 164 valence electrons. The molecule has 0 saturated carbocycles. The maximum Gasteiger partial charge on any atom is 0.453 e. The molecule has 0 fully saturated rings. The molecule has 0 aliphatic carbocycles. The molecule has 0 aliphatic heterocycles. The molecule has 0 bridgehead atoms. The van der Waals surface area contributed by atoms with E-state index in [4.69, 9.17) is 14.6 Å². The van der Waals surface area contributed by atoms with E-state index in [1.54, 1.807) is 24.3 Å². The molecule has 0 heterocycles. The maximum atomic E-state index is 12.8.